The average molecular weight is 379 g/mol. The van der Waals surface area contributed by atoms with Gasteiger partial charge in [-0.15, -0.1) is 10.2 Å². The first kappa shape index (κ1) is 17.4. The molecule has 0 saturated heterocycles. The lowest BCUT2D eigenvalue weighted by Gasteiger charge is -2.16. The van der Waals surface area contributed by atoms with Crippen LogP contribution in [0.5, 0.6) is 11.5 Å². The predicted molar refractivity (Wildman–Crippen MR) is 96.9 cm³/mol. The molecule has 0 radical (unpaired) electrons. The summed E-state index contributed by atoms with van der Waals surface area (Å²) in [7, 11) is 1.61. The van der Waals surface area contributed by atoms with E-state index in [9.17, 15) is 0 Å². The number of ether oxygens (including phenoxy) is 2. The van der Waals surface area contributed by atoms with Gasteiger partial charge in [-0.3, -0.25) is 0 Å². The molecule has 3 rings (SSSR count). The minimum atomic E-state index is 0.344. The van der Waals surface area contributed by atoms with Gasteiger partial charge in [-0.25, -0.2) is 4.68 Å². The SMILES string of the molecule is COc1cccc(CNn2cnnc2)c1OCc1ccc(Cl)c(Cl)c1. The van der Waals surface area contributed by atoms with E-state index in [-0.39, 0.29) is 0 Å². The molecule has 2 aromatic carbocycles. The molecule has 0 bridgehead atoms. The Morgan fingerprint density at radius 1 is 1.08 bits per heavy atom. The van der Waals surface area contributed by atoms with E-state index in [1.165, 1.54) is 0 Å². The maximum absolute atomic E-state index is 6.06. The predicted octanol–water partition coefficient (Wildman–Crippen LogP) is 3.92. The standard InChI is InChI=1S/C17H16Cl2N4O2/c1-24-16-4-2-3-13(8-22-23-10-20-21-11-23)17(16)25-9-12-5-6-14(18)15(19)7-12/h2-7,10-11,22H,8-9H2,1H3. The zero-order valence-corrected chi connectivity index (χ0v) is 15.0. The topological polar surface area (TPSA) is 61.2 Å². The molecule has 0 atom stereocenters. The third-order valence-electron chi connectivity index (χ3n) is 3.52. The molecule has 0 aliphatic carbocycles. The highest BCUT2D eigenvalue weighted by molar-refractivity contribution is 6.42. The molecule has 1 N–H and O–H groups in total. The second-order valence-electron chi connectivity index (χ2n) is 5.19. The molecule has 0 aliphatic rings. The van der Waals surface area contributed by atoms with Crippen LogP contribution in [-0.4, -0.2) is 22.0 Å². The number of hydrogen-bond acceptors (Lipinski definition) is 5. The van der Waals surface area contributed by atoms with Gasteiger partial charge in [0, 0.05) is 5.56 Å². The van der Waals surface area contributed by atoms with Crippen molar-refractivity contribution in [2.24, 2.45) is 0 Å². The monoisotopic (exact) mass is 378 g/mol. The van der Waals surface area contributed by atoms with Crippen LogP contribution in [0.4, 0.5) is 0 Å². The lowest BCUT2D eigenvalue weighted by Crippen LogP contribution is -2.13. The van der Waals surface area contributed by atoms with Crippen LogP contribution in [0.25, 0.3) is 0 Å². The zero-order valence-electron chi connectivity index (χ0n) is 13.4. The van der Waals surface area contributed by atoms with E-state index >= 15 is 0 Å². The van der Waals surface area contributed by atoms with Gasteiger partial charge in [-0.1, -0.05) is 41.4 Å². The Hall–Kier alpha value is -2.44. The van der Waals surface area contributed by atoms with Crippen LogP contribution in [0.15, 0.2) is 49.1 Å². The Balaban J connectivity index is 1.76. The summed E-state index contributed by atoms with van der Waals surface area (Å²) in [5.41, 5.74) is 5.02. The van der Waals surface area contributed by atoms with E-state index in [1.54, 1.807) is 36.6 Å². The smallest absolute Gasteiger partial charge is 0.166 e. The van der Waals surface area contributed by atoms with Crippen LogP contribution < -0.4 is 14.9 Å². The molecule has 130 valence electrons. The fraction of sp³-hybridized carbons (Fsp3) is 0.176. The van der Waals surface area contributed by atoms with E-state index in [0.29, 0.717) is 34.7 Å². The van der Waals surface area contributed by atoms with Crippen molar-refractivity contribution in [2.75, 3.05) is 12.5 Å². The molecule has 3 aromatic rings. The van der Waals surface area contributed by atoms with Gasteiger partial charge in [0.1, 0.15) is 19.3 Å². The van der Waals surface area contributed by atoms with E-state index in [2.05, 4.69) is 15.6 Å². The van der Waals surface area contributed by atoms with Gasteiger partial charge in [0.2, 0.25) is 0 Å². The summed E-state index contributed by atoms with van der Waals surface area (Å²) in [4.78, 5) is 0. The summed E-state index contributed by atoms with van der Waals surface area (Å²) >= 11 is 12.0. The molecular formula is C17H16Cl2N4O2. The molecule has 0 fully saturated rings. The van der Waals surface area contributed by atoms with Gasteiger partial charge < -0.3 is 14.9 Å². The first-order valence-corrected chi connectivity index (χ1v) is 8.24. The molecule has 6 nitrogen and oxygen atoms in total. The van der Waals surface area contributed by atoms with Crippen LogP contribution in [0.3, 0.4) is 0 Å². The minimum absolute atomic E-state index is 0.344. The van der Waals surface area contributed by atoms with Crippen molar-refractivity contribution in [3.8, 4) is 11.5 Å². The maximum atomic E-state index is 6.06. The van der Waals surface area contributed by atoms with Crippen LogP contribution in [0, 0.1) is 0 Å². The Bertz CT molecular complexity index is 841. The number of benzene rings is 2. The third kappa shape index (κ3) is 4.35. The van der Waals surface area contributed by atoms with Gasteiger partial charge in [0.25, 0.3) is 0 Å². The molecule has 0 saturated carbocycles. The maximum Gasteiger partial charge on any atom is 0.166 e. The van der Waals surface area contributed by atoms with Gasteiger partial charge in [0.15, 0.2) is 11.5 Å². The molecule has 0 amide bonds. The van der Waals surface area contributed by atoms with Gasteiger partial charge in [0.05, 0.1) is 23.7 Å². The number of rotatable bonds is 7. The summed E-state index contributed by atoms with van der Waals surface area (Å²) in [6.07, 6.45) is 3.16. The highest BCUT2D eigenvalue weighted by Gasteiger charge is 2.11. The number of hydrogen-bond donors (Lipinski definition) is 1. The Kier molecular flexibility index (Phi) is 5.63. The van der Waals surface area contributed by atoms with E-state index in [1.807, 2.05) is 24.3 Å². The molecule has 0 aliphatic heterocycles. The molecule has 0 unspecified atom stereocenters. The molecule has 25 heavy (non-hydrogen) atoms. The van der Waals surface area contributed by atoms with Crippen LogP contribution >= 0.6 is 23.2 Å². The normalized spacial score (nSPS) is 10.5. The summed E-state index contributed by atoms with van der Waals surface area (Å²) in [6, 6.07) is 11.1. The molecule has 0 spiro atoms. The molecule has 1 aromatic heterocycles. The van der Waals surface area contributed by atoms with Crippen molar-refractivity contribution >= 4 is 23.2 Å². The summed E-state index contributed by atoms with van der Waals surface area (Å²) in [5.74, 6) is 1.32. The van der Waals surface area contributed by atoms with Gasteiger partial charge >= 0.3 is 0 Å². The van der Waals surface area contributed by atoms with E-state index in [0.717, 1.165) is 11.1 Å². The van der Waals surface area contributed by atoms with Gasteiger partial charge in [-0.2, -0.15) is 0 Å². The number of aromatic nitrogens is 3. The molecule has 8 heteroatoms. The second kappa shape index (κ2) is 8.09. The highest BCUT2D eigenvalue weighted by atomic mass is 35.5. The van der Waals surface area contributed by atoms with Crippen molar-refractivity contribution in [3.05, 3.63) is 70.2 Å². The number of methoxy groups -OCH3 is 1. The van der Waals surface area contributed by atoms with E-state index < -0.39 is 0 Å². The van der Waals surface area contributed by atoms with Gasteiger partial charge in [-0.05, 0) is 23.8 Å². The van der Waals surface area contributed by atoms with Crippen LogP contribution in [0.1, 0.15) is 11.1 Å². The fourth-order valence-electron chi connectivity index (χ4n) is 2.27. The summed E-state index contributed by atoms with van der Waals surface area (Å²) < 4.78 is 13.1. The summed E-state index contributed by atoms with van der Waals surface area (Å²) in [5, 5.41) is 8.52. The Morgan fingerprint density at radius 3 is 2.60 bits per heavy atom. The van der Waals surface area contributed by atoms with Crippen molar-refractivity contribution in [1.29, 1.82) is 0 Å². The van der Waals surface area contributed by atoms with Crippen LogP contribution in [0.2, 0.25) is 10.0 Å². The minimum Gasteiger partial charge on any atom is -0.493 e. The van der Waals surface area contributed by atoms with E-state index in [4.69, 9.17) is 32.7 Å². The second-order valence-corrected chi connectivity index (χ2v) is 6.00. The fourth-order valence-corrected chi connectivity index (χ4v) is 2.59. The first-order chi connectivity index (χ1) is 12.2. The largest absolute Gasteiger partial charge is 0.493 e. The Labute approximate surface area is 155 Å². The van der Waals surface area contributed by atoms with Crippen LogP contribution in [-0.2, 0) is 13.2 Å². The third-order valence-corrected chi connectivity index (χ3v) is 4.26. The van der Waals surface area contributed by atoms with Crippen molar-refractivity contribution in [1.82, 2.24) is 14.9 Å². The number of halogens is 2. The lowest BCUT2D eigenvalue weighted by atomic mass is 10.2. The lowest BCUT2D eigenvalue weighted by molar-refractivity contribution is 0.281. The van der Waals surface area contributed by atoms with Crippen molar-refractivity contribution in [2.45, 2.75) is 13.2 Å². The zero-order chi connectivity index (χ0) is 17.6. The summed E-state index contributed by atoms with van der Waals surface area (Å²) in [6.45, 7) is 0.864. The number of nitrogens with one attached hydrogen (secondary N) is 1. The van der Waals surface area contributed by atoms with Crippen molar-refractivity contribution in [3.63, 3.8) is 0 Å². The molecule has 1 heterocycles. The Morgan fingerprint density at radius 2 is 1.88 bits per heavy atom. The quantitative estimate of drug-likeness (QED) is 0.674. The average Bonchev–Trinajstić information content (AvgIpc) is 3.14. The number of para-hydroxylation sites is 1. The number of nitrogens with zero attached hydrogens (tertiary/aromatic N) is 3. The van der Waals surface area contributed by atoms with Crippen molar-refractivity contribution < 1.29 is 9.47 Å². The molecular weight excluding hydrogens is 363 g/mol. The first-order valence-electron chi connectivity index (χ1n) is 7.48. The highest BCUT2D eigenvalue weighted by Crippen LogP contribution is 2.32.